The number of rotatable bonds is 5. The minimum atomic E-state index is -1.21. The van der Waals surface area contributed by atoms with E-state index in [4.69, 9.17) is 10.2 Å². The summed E-state index contributed by atoms with van der Waals surface area (Å²) in [6.07, 6.45) is 1.79. The summed E-state index contributed by atoms with van der Waals surface area (Å²) in [4.78, 5) is 0. The monoisotopic (exact) mass is 173 g/mol. The van der Waals surface area contributed by atoms with Gasteiger partial charge >= 0.3 is 0 Å². The average molecular weight is 173 g/mol. The molecular weight excluding hydrogens is 154 g/mol. The molecule has 2 unspecified atom stereocenters. The lowest BCUT2D eigenvalue weighted by Crippen LogP contribution is -2.39. The average Bonchev–Trinajstić information content (AvgIpc) is 1.98. The maximum Gasteiger partial charge on any atom is 0.196 e. The summed E-state index contributed by atoms with van der Waals surface area (Å²) in [6.45, 7) is 8.05. The lowest BCUT2D eigenvalue weighted by Gasteiger charge is -2.19. The molecule has 0 aliphatic heterocycles. The molecule has 0 radical (unpaired) electrons. The molecule has 0 fully saturated rings. The van der Waals surface area contributed by atoms with E-state index in [1.807, 2.05) is 0 Å². The Labute approximate surface area is 71.2 Å². The van der Waals surface area contributed by atoms with Gasteiger partial charge in [-0.25, -0.2) is 0 Å². The lowest BCUT2D eigenvalue weighted by atomic mass is 10.3. The molecule has 2 atom stereocenters. The van der Waals surface area contributed by atoms with Crippen LogP contribution in [0.4, 0.5) is 0 Å². The zero-order valence-corrected chi connectivity index (χ0v) is 8.86. The molecule has 11 heavy (non-hydrogen) atoms. The topological polar surface area (TPSA) is 35.2 Å². The number of hydrogen-bond acceptors (Lipinski definition) is 2. The Bertz CT molecular complexity index is 117. The molecule has 0 saturated heterocycles. The van der Waals surface area contributed by atoms with Crippen molar-refractivity contribution in [1.29, 1.82) is 0 Å². The van der Waals surface area contributed by atoms with Crippen LogP contribution in [0.1, 0.15) is 13.8 Å². The third-order valence-corrected chi connectivity index (χ3v) is 4.85. The van der Waals surface area contributed by atoms with Crippen molar-refractivity contribution < 1.29 is 4.43 Å². The highest BCUT2D eigenvalue weighted by atomic mass is 28.3. The Kier molecular flexibility index (Phi) is 5.46. The molecule has 0 aromatic rings. The first-order valence-corrected chi connectivity index (χ1v) is 5.98. The highest BCUT2D eigenvalue weighted by molar-refractivity contribution is 6.54. The predicted molar refractivity (Wildman–Crippen MR) is 52.0 cm³/mol. The van der Waals surface area contributed by atoms with Gasteiger partial charge in [0.2, 0.25) is 0 Å². The Morgan fingerprint density at radius 2 is 2.18 bits per heavy atom. The third kappa shape index (κ3) is 4.34. The van der Waals surface area contributed by atoms with E-state index < -0.39 is 9.04 Å². The molecule has 2 N–H and O–H groups in total. The number of nitrogens with two attached hydrogens (primary N) is 1. The predicted octanol–water partition coefficient (Wildman–Crippen LogP) is 1.07. The van der Waals surface area contributed by atoms with Crippen LogP contribution in [-0.2, 0) is 4.43 Å². The molecule has 0 amide bonds. The fraction of sp³-hybridized carbons (Fsp3) is 0.750. The van der Waals surface area contributed by atoms with Gasteiger partial charge in [0.1, 0.15) is 0 Å². The second-order valence-electron chi connectivity index (χ2n) is 3.22. The molecule has 0 aliphatic rings. The van der Waals surface area contributed by atoms with Gasteiger partial charge in [0.15, 0.2) is 9.04 Å². The number of hydrogen-bond donors (Lipinski definition) is 1. The summed E-state index contributed by atoms with van der Waals surface area (Å²) in [7, 11) is 0.547. The van der Waals surface area contributed by atoms with Crippen molar-refractivity contribution in [3.63, 3.8) is 0 Å². The van der Waals surface area contributed by atoms with E-state index >= 15 is 0 Å². The fourth-order valence-electron chi connectivity index (χ4n) is 1.03. The molecule has 0 aromatic heterocycles. The van der Waals surface area contributed by atoms with E-state index in [1.54, 1.807) is 13.2 Å². The van der Waals surface area contributed by atoms with Crippen molar-refractivity contribution in [3.8, 4) is 0 Å². The summed E-state index contributed by atoms with van der Waals surface area (Å²) in [5.74, 6) is 0.678. The second-order valence-corrected chi connectivity index (χ2v) is 6.01. The van der Waals surface area contributed by atoms with Crippen LogP contribution in [0.15, 0.2) is 12.7 Å². The quantitative estimate of drug-likeness (QED) is 0.498. The van der Waals surface area contributed by atoms with Crippen molar-refractivity contribution in [2.45, 2.75) is 25.6 Å². The Balaban J connectivity index is 3.83. The minimum absolute atomic E-state index is 0.0994. The van der Waals surface area contributed by atoms with E-state index in [-0.39, 0.29) is 5.67 Å². The van der Waals surface area contributed by atoms with Crippen LogP contribution in [0.2, 0.25) is 6.04 Å². The van der Waals surface area contributed by atoms with Crippen LogP contribution in [0.5, 0.6) is 0 Å². The standard InChI is InChI=1S/C8H19NOSi/c1-5-8(9)11(10-4)6-7(2)3/h5,7-8,11H,1,6,9H2,2-4H3. The van der Waals surface area contributed by atoms with Crippen molar-refractivity contribution in [2.24, 2.45) is 11.7 Å². The Morgan fingerprint density at radius 1 is 1.64 bits per heavy atom. The van der Waals surface area contributed by atoms with Crippen molar-refractivity contribution >= 4 is 9.04 Å². The highest BCUT2D eigenvalue weighted by Crippen LogP contribution is 2.08. The molecule has 0 saturated carbocycles. The van der Waals surface area contributed by atoms with E-state index in [0.29, 0.717) is 5.92 Å². The summed E-state index contributed by atoms with van der Waals surface area (Å²) < 4.78 is 5.36. The van der Waals surface area contributed by atoms with Gasteiger partial charge < -0.3 is 10.2 Å². The van der Waals surface area contributed by atoms with Crippen LogP contribution >= 0.6 is 0 Å². The minimum Gasteiger partial charge on any atom is -0.421 e. The first-order valence-electron chi connectivity index (χ1n) is 4.02. The lowest BCUT2D eigenvalue weighted by molar-refractivity contribution is 0.405. The largest absolute Gasteiger partial charge is 0.421 e. The maximum atomic E-state index is 5.79. The van der Waals surface area contributed by atoms with Crippen LogP contribution in [0.25, 0.3) is 0 Å². The van der Waals surface area contributed by atoms with Gasteiger partial charge in [-0.3, -0.25) is 0 Å². The van der Waals surface area contributed by atoms with Gasteiger partial charge in [-0.05, 0) is 12.0 Å². The Hall–Kier alpha value is -0.123. The van der Waals surface area contributed by atoms with Gasteiger partial charge in [-0.15, -0.1) is 6.58 Å². The molecule has 0 aliphatic carbocycles. The van der Waals surface area contributed by atoms with E-state index in [1.165, 1.54) is 0 Å². The zero-order chi connectivity index (χ0) is 8.85. The molecular formula is C8H19NOSi. The van der Waals surface area contributed by atoms with Crippen LogP contribution in [0.3, 0.4) is 0 Å². The zero-order valence-electron chi connectivity index (χ0n) is 7.71. The molecule has 0 aromatic carbocycles. The van der Waals surface area contributed by atoms with Gasteiger partial charge in [0.05, 0.1) is 0 Å². The first kappa shape index (κ1) is 10.9. The van der Waals surface area contributed by atoms with Gasteiger partial charge in [-0.1, -0.05) is 19.9 Å². The fourth-order valence-corrected chi connectivity index (χ4v) is 3.08. The highest BCUT2D eigenvalue weighted by Gasteiger charge is 2.17. The van der Waals surface area contributed by atoms with Crippen LogP contribution in [0, 0.1) is 5.92 Å². The molecule has 0 heterocycles. The summed E-state index contributed by atoms with van der Waals surface area (Å²) in [6, 6.07) is 1.13. The maximum absolute atomic E-state index is 5.79. The Morgan fingerprint density at radius 3 is 2.45 bits per heavy atom. The molecule has 3 heteroatoms. The molecule has 0 spiro atoms. The summed E-state index contributed by atoms with van der Waals surface area (Å²) in [5, 5.41) is 0. The third-order valence-electron chi connectivity index (χ3n) is 1.71. The van der Waals surface area contributed by atoms with Gasteiger partial charge in [0.25, 0.3) is 0 Å². The normalized spacial score (nSPS) is 16.5. The van der Waals surface area contributed by atoms with Gasteiger partial charge in [0, 0.05) is 12.8 Å². The van der Waals surface area contributed by atoms with Crippen molar-refractivity contribution in [2.75, 3.05) is 7.11 Å². The molecule has 0 bridgehead atoms. The van der Waals surface area contributed by atoms with Gasteiger partial charge in [-0.2, -0.15) is 0 Å². The van der Waals surface area contributed by atoms with Crippen LogP contribution < -0.4 is 5.73 Å². The molecule has 2 nitrogen and oxygen atoms in total. The van der Waals surface area contributed by atoms with Crippen molar-refractivity contribution in [1.82, 2.24) is 0 Å². The van der Waals surface area contributed by atoms with Crippen molar-refractivity contribution in [3.05, 3.63) is 12.7 Å². The smallest absolute Gasteiger partial charge is 0.196 e. The molecule has 66 valence electrons. The summed E-state index contributed by atoms with van der Waals surface area (Å²) in [5.41, 5.74) is 5.89. The van der Waals surface area contributed by atoms with E-state index in [9.17, 15) is 0 Å². The summed E-state index contributed by atoms with van der Waals surface area (Å²) >= 11 is 0. The first-order chi connectivity index (χ1) is 5.11. The molecule has 0 rings (SSSR count). The van der Waals surface area contributed by atoms with Crippen LogP contribution in [-0.4, -0.2) is 21.8 Å². The van der Waals surface area contributed by atoms with E-state index in [0.717, 1.165) is 6.04 Å². The second kappa shape index (κ2) is 5.52. The van der Waals surface area contributed by atoms with E-state index in [2.05, 4.69) is 20.4 Å². The SMILES string of the molecule is C=CC(N)[SiH](CC(C)C)OC.